The number of hydrogen-bond acceptors (Lipinski definition) is 4. The summed E-state index contributed by atoms with van der Waals surface area (Å²) in [5, 5.41) is 1.66. The molecule has 0 saturated carbocycles. The molecule has 2 aromatic heterocycles. The second kappa shape index (κ2) is 7.65. The quantitative estimate of drug-likeness (QED) is 0.356. The highest BCUT2D eigenvalue weighted by Crippen LogP contribution is 2.38. The van der Waals surface area contributed by atoms with E-state index in [1.165, 1.54) is 9.54 Å². The first-order valence-corrected chi connectivity index (χ1v) is 10.8. The van der Waals surface area contributed by atoms with Gasteiger partial charge >= 0.3 is 0 Å². The summed E-state index contributed by atoms with van der Waals surface area (Å²) in [6.45, 7) is 2.04. The molecule has 0 bridgehead atoms. The Labute approximate surface area is 182 Å². The first-order valence-electron chi connectivity index (χ1n) is 9.81. The number of benzene rings is 3. The third kappa shape index (κ3) is 3.30. The molecule has 0 saturated heterocycles. The Balaban J connectivity index is 1.82. The van der Waals surface area contributed by atoms with Crippen LogP contribution < -0.4 is 4.74 Å². The molecule has 2 heterocycles. The van der Waals surface area contributed by atoms with Crippen molar-refractivity contribution in [1.82, 2.24) is 8.96 Å². The van der Waals surface area contributed by atoms with Crippen LogP contribution in [-0.2, 0) is 11.3 Å². The Bertz CT molecular complexity index is 1440. The molecule has 5 aromatic rings. The Morgan fingerprint density at radius 3 is 2.26 bits per heavy atom. The molecule has 5 nitrogen and oxygen atoms in total. The maximum Gasteiger partial charge on any atom is 0.152 e. The number of aryl methyl sites for hydroxylation is 1. The third-order valence-electron chi connectivity index (χ3n) is 5.54. The minimum atomic E-state index is -2.48. The van der Waals surface area contributed by atoms with Crippen molar-refractivity contribution in [2.45, 2.75) is 6.92 Å². The maximum atomic E-state index is 12.1. The van der Waals surface area contributed by atoms with Crippen LogP contribution in [-0.4, -0.2) is 24.8 Å². The van der Waals surface area contributed by atoms with Crippen molar-refractivity contribution in [2.75, 3.05) is 7.11 Å². The lowest BCUT2D eigenvalue weighted by molar-refractivity contribution is 0.415. The van der Waals surface area contributed by atoms with Gasteiger partial charge in [-0.2, -0.15) is 0 Å². The number of rotatable bonds is 4. The summed E-state index contributed by atoms with van der Waals surface area (Å²) in [6.07, 6.45) is 1.66. The van der Waals surface area contributed by atoms with Gasteiger partial charge in [-0.3, -0.25) is 8.18 Å². The van der Waals surface area contributed by atoms with Gasteiger partial charge in [0.25, 0.3) is 0 Å². The Hall–Kier alpha value is -3.48. The predicted molar refractivity (Wildman–Crippen MR) is 124 cm³/mol. The summed E-state index contributed by atoms with van der Waals surface area (Å²) in [5.41, 5.74) is 6.17. The predicted octanol–water partition coefficient (Wildman–Crippen LogP) is 5.48. The van der Waals surface area contributed by atoms with Crippen molar-refractivity contribution in [1.29, 1.82) is 0 Å². The number of ether oxygens (including phenoxy) is 1. The average molecular weight is 428 g/mol. The number of hydrogen-bond donors (Lipinski definition) is 0. The van der Waals surface area contributed by atoms with Crippen molar-refractivity contribution in [3.63, 3.8) is 0 Å². The molecule has 0 aliphatic carbocycles. The molecule has 0 aliphatic heterocycles. The lowest BCUT2D eigenvalue weighted by atomic mass is 9.98. The van der Waals surface area contributed by atoms with Gasteiger partial charge in [0.2, 0.25) is 0 Å². The molecule has 0 radical (unpaired) electrons. The highest BCUT2D eigenvalue weighted by atomic mass is 32.2. The fourth-order valence-corrected chi connectivity index (χ4v) is 4.58. The second-order valence-corrected chi connectivity index (χ2v) is 8.19. The van der Waals surface area contributed by atoms with E-state index in [9.17, 15) is 8.76 Å². The van der Waals surface area contributed by atoms with E-state index in [-0.39, 0.29) is 0 Å². The van der Waals surface area contributed by atoms with E-state index in [1.807, 2.05) is 55.5 Å². The Kier molecular flexibility index (Phi) is 4.81. The van der Waals surface area contributed by atoms with Crippen LogP contribution in [0.15, 0.2) is 79.0 Å². The molecule has 0 aliphatic rings. The number of methoxy groups -OCH3 is 1. The van der Waals surface area contributed by atoms with E-state index >= 15 is 0 Å². The largest absolute Gasteiger partial charge is 0.755 e. The topological polar surface area (TPSA) is 67.2 Å². The van der Waals surface area contributed by atoms with E-state index in [0.29, 0.717) is 11.2 Å². The molecule has 154 valence electrons. The standard InChI is InChI=1S/C25H20N2O3S/c1-16-3-5-18(6-4-16)21-13-14-26-25-24(21)22-15-19(9-12-23(22)27(25)31(28)29)17-7-10-20(30-2)11-8-17/h3-15H,1-2H3,(H,28,29)/p-1. The summed E-state index contributed by atoms with van der Waals surface area (Å²) >= 11 is -2.48. The molecule has 5 rings (SSSR count). The van der Waals surface area contributed by atoms with Crippen LogP contribution in [0.3, 0.4) is 0 Å². The molecule has 0 amide bonds. The number of pyridine rings is 1. The zero-order chi connectivity index (χ0) is 21.5. The van der Waals surface area contributed by atoms with Crippen molar-refractivity contribution < 1.29 is 13.5 Å². The molecule has 0 fully saturated rings. The van der Waals surface area contributed by atoms with Crippen LogP contribution >= 0.6 is 0 Å². The number of fused-ring (bicyclic) bond motifs is 3. The van der Waals surface area contributed by atoms with Crippen molar-refractivity contribution in [2.24, 2.45) is 0 Å². The Morgan fingerprint density at radius 2 is 1.58 bits per heavy atom. The third-order valence-corrected chi connectivity index (χ3v) is 6.21. The molecule has 3 aromatic carbocycles. The van der Waals surface area contributed by atoms with Gasteiger partial charge in [-0.25, -0.2) is 4.98 Å². The minimum absolute atomic E-state index is 0.424. The van der Waals surface area contributed by atoms with Gasteiger partial charge in [-0.15, -0.1) is 0 Å². The molecule has 6 heteroatoms. The summed E-state index contributed by atoms with van der Waals surface area (Å²) in [6, 6.07) is 23.7. The van der Waals surface area contributed by atoms with E-state index in [1.54, 1.807) is 13.3 Å². The molecular formula is C25H19N2O3S-. The average Bonchev–Trinajstić information content (AvgIpc) is 3.14. The van der Waals surface area contributed by atoms with Gasteiger partial charge in [-0.1, -0.05) is 48.0 Å². The molecule has 1 unspecified atom stereocenters. The van der Waals surface area contributed by atoms with Gasteiger partial charge in [-0.05, 0) is 59.5 Å². The van der Waals surface area contributed by atoms with E-state index in [2.05, 4.69) is 29.2 Å². The van der Waals surface area contributed by atoms with Gasteiger partial charge in [0.1, 0.15) is 5.75 Å². The Morgan fingerprint density at radius 1 is 0.903 bits per heavy atom. The lowest BCUT2D eigenvalue weighted by Crippen LogP contribution is -2.03. The molecule has 1 atom stereocenters. The van der Waals surface area contributed by atoms with Crippen LogP contribution in [0, 0.1) is 6.92 Å². The smallest absolute Gasteiger partial charge is 0.152 e. The van der Waals surface area contributed by atoms with E-state index in [4.69, 9.17) is 4.74 Å². The summed E-state index contributed by atoms with van der Waals surface area (Å²) in [7, 11) is 1.64. The summed E-state index contributed by atoms with van der Waals surface area (Å²) in [5.74, 6) is 0.786. The van der Waals surface area contributed by atoms with Crippen LogP contribution in [0.5, 0.6) is 5.75 Å². The fraction of sp³-hybridized carbons (Fsp3) is 0.0800. The van der Waals surface area contributed by atoms with Crippen LogP contribution in [0.2, 0.25) is 0 Å². The van der Waals surface area contributed by atoms with Crippen molar-refractivity contribution >= 4 is 33.2 Å². The van der Waals surface area contributed by atoms with Crippen LogP contribution in [0.4, 0.5) is 0 Å². The van der Waals surface area contributed by atoms with Crippen molar-refractivity contribution in [3.05, 3.63) is 84.6 Å². The fourth-order valence-electron chi connectivity index (χ4n) is 3.99. The lowest BCUT2D eigenvalue weighted by Gasteiger charge is -2.09. The van der Waals surface area contributed by atoms with E-state index in [0.717, 1.165) is 38.8 Å². The monoisotopic (exact) mass is 427 g/mol. The second-order valence-electron chi connectivity index (χ2n) is 7.40. The highest BCUT2D eigenvalue weighted by Gasteiger charge is 2.17. The van der Waals surface area contributed by atoms with Crippen LogP contribution in [0.25, 0.3) is 44.2 Å². The first-order chi connectivity index (χ1) is 15.1. The molecule has 31 heavy (non-hydrogen) atoms. The SMILES string of the molecule is COc1ccc(-c2ccc3c(c2)c2c(-c4ccc(C)cc4)ccnc2n3S(=O)[O-])cc1. The van der Waals surface area contributed by atoms with Gasteiger partial charge in [0.05, 0.1) is 23.9 Å². The maximum absolute atomic E-state index is 12.1. The molecular weight excluding hydrogens is 408 g/mol. The van der Waals surface area contributed by atoms with Gasteiger partial charge < -0.3 is 9.29 Å². The number of nitrogens with zero attached hydrogens (tertiary/aromatic N) is 2. The van der Waals surface area contributed by atoms with Gasteiger partial charge in [0.15, 0.2) is 5.65 Å². The van der Waals surface area contributed by atoms with Crippen LogP contribution in [0.1, 0.15) is 5.56 Å². The first kappa shape index (κ1) is 19.5. The highest BCUT2D eigenvalue weighted by molar-refractivity contribution is 7.77. The zero-order valence-electron chi connectivity index (χ0n) is 17.0. The van der Waals surface area contributed by atoms with E-state index < -0.39 is 11.3 Å². The van der Waals surface area contributed by atoms with Gasteiger partial charge in [0, 0.05) is 17.0 Å². The van der Waals surface area contributed by atoms with Crippen molar-refractivity contribution in [3.8, 4) is 28.0 Å². The minimum Gasteiger partial charge on any atom is -0.755 e. The molecule has 0 spiro atoms. The molecule has 0 N–H and O–H groups in total. The zero-order valence-corrected chi connectivity index (χ0v) is 17.8. The normalized spacial score (nSPS) is 12.4. The summed E-state index contributed by atoms with van der Waals surface area (Å²) < 4.78 is 30.8. The number of aromatic nitrogens is 2. The summed E-state index contributed by atoms with van der Waals surface area (Å²) in [4.78, 5) is 4.42.